The Bertz CT molecular complexity index is 182. The topological polar surface area (TPSA) is 43.4 Å². The molecule has 0 aliphatic rings. The fourth-order valence-corrected chi connectivity index (χ4v) is 0.562. The molecule has 11 heavy (non-hydrogen) atoms. The lowest BCUT2D eigenvalue weighted by atomic mass is 10.3. The normalized spacial score (nSPS) is 13.0. The highest BCUT2D eigenvalue weighted by Crippen LogP contribution is 1.93. The highest BCUT2D eigenvalue weighted by molar-refractivity contribution is 6.32. The summed E-state index contributed by atoms with van der Waals surface area (Å²) in [5, 5.41) is 0. The number of rotatable bonds is 3. The Morgan fingerprint density at radius 1 is 1.45 bits per heavy atom. The van der Waals surface area contributed by atoms with Crippen molar-refractivity contribution in [2.75, 3.05) is 0 Å². The van der Waals surface area contributed by atoms with E-state index in [1.165, 1.54) is 6.92 Å². The van der Waals surface area contributed by atoms with Crippen LogP contribution in [0.15, 0.2) is 12.2 Å². The number of hydrogen-bond acceptors (Lipinski definition) is 3. The summed E-state index contributed by atoms with van der Waals surface area (Å²) in [5.41, 5.74) is 0. The van der Waals surface area contributed by atoms with Gasteiger partial charge in [0.05, 0.1) is 0 Å². The summed E-state index contributed by atoms with van der Waals surface area (Å²) in [6, 6.07) is 0. The van der Waals surface area contributed by atoms with Crippen molar-refractivity contribution in [3.63, 3.8) is 0 Å². The van der Waals surface area contributed by atoms with Gasteiger partial charge in [-0.25, -0.2) is 4.79 Å². The van der Waals surface area contributed by atoms with Gasteiger partial charge in [-0.3, -0.25) is 4.79 Å². The monoisotopic (exact) mass is 156 g/mol. The van der Waals surface area contributed by atoms with E-state index >= 15 is 0 Å². The van der Waals surface area contributed by atoms with Crippen molar-refractivity contribution in [2.24, 2.45) is 0 Å². The largest absolute Gasteiger partial charge is 0.453 e. The predicted molar refractivity (Wildman–Crippen MR) is 41.0 cm³/mol. The van der Waals surface area contributed by atoms with Gasteiger partial charge in [-0.2, -0.15) is 0 Å². The number of carbonyl (C=O) groups is 2. The molecule has 1 unspecified atom stereocenters. The summed E-state index contributed by atoms with van der Waals surface area (Å²) in [7, 11) is 0. The van der Waals surface area contributed by atoms with Gasteiger partial charge in [-0.05, 0) is 19.9 Å². The number of carbonyl (C=O) groups excluding carboxylic acids is 2. The van der Waals surface area contributed by atoms with Crippen molar-refractivity contribution in [1.82, 2.24) is 0 Å². The molecule has 3 nitrogen and oxygen atoms in total. The zero-order valence-electron chi connectivity index (χ0n) is 6.96. The first-order chi connectivity index (χ1) is 5.07. The molecule has 0 N–H and O–H groups in total. The number of hydrogen-bond donors (Lipinski definition) is 0. The summed E-state index contributed by atoms with van der Waals surface area (Å²) in [4.78, 5) is 21.0. The van der Waals surface area contributed by atoms with Crippen LogP contribution in [0.25, 0.3) is 0 Å². The lowest BCUT2D eigenvalue weighted by Gasteiger charge is -2.05. The van der Waals surface area contributed by atoms with E-state index in [2.05, 4.69) is 4.74 Å². The third kappa shape index (κ3) is 4.31. The molecule has 0 radical (unpaired) electrons. The van der Waals surface area contributed by atoms with Gasteiger partial charge in [0.1, 0.15) is 6.10 Å². The average Bonchev–Trinajstić information content (AvgIpc) is 1.87. The van der Waals surface area contributed by atoms with Crippen molar-refractivity contribution in [2.45, 2.75) is 26.9 Å². The first kappa shape index (κ1) is 9.88. The van der Waals surface area contributed by atoms with Gasteiger partial charge in [0.25, 0.3) is 0 Å². The van der Waals surface area contributed by atoms with Crippen molar-refractivity contribution < 1.29 is 14.3 Å². The van der Waals surface area contributed by atoms with E-state index in [9.17, 15) is 9.59 Å². The van der Waals surface area contributed by atoms with Crippen LogP contribution < -0.4 is 0 Å². The molecule has 0 aromatic heterocycles. The van der Waals surface area contributed by atoms with Crippen LogP contribution in [0.5, 0.6) is 0 Å². The van der Waals surface area contributed by atoms with E-state index in [1.54, 1.807) is 19.1 Å². The van der Waals surface area contributed by atoms with E-state index in [4.69, 9.17) is 0 Å². The van der Waals surface area contributed by atoms with E-state index in [0.717, 1.165) is 0 Å². The maximum atomic E-state index is 10.6. The first-order valence-electron chi connectivity index (χ1n) is 3.42. The molecule has 0 rings (SSSR count). The van der Waals surface area contributed by atoms with E-state index in [-0.39, 0.29) is 6.10 Å². The molecule has 0 saturated carbocycles. The highest BCUT2D eigenvalue weighted by atomic mass is 16.5. The second-order valence-electron chi connectivity index (χ2n) is 2.19. The quantitative estimate of drug-likeness (QED) is 0.349. The molecule has 0 aliphatic carbocycles. The van der Waals surface area contributed by atoms with Crippen LogP contribution in [-0.2, 0) is 14.3 Å². The summed E-state index contributed by atoms with van der Waals surface area (Å²) in [6.45, 7) is 4.70. The van der Waals surface area contributed by atoms with Crippen LogP contribution in [0.3, 0.4) is 0 Å². The smallest absolute Gasteiger partial charge is 0.374 e. The zero-order valence-corrected chi connectivity index (χ0v) is 6.96. The predicted octanol–water partition coefficient (Wildman–Crippen LogP) is 1.08. The molecule has 1 atom stereocenters. The molecule has 0 fully saturated rings. The second kappa shape index (κ2) is 4.66. The fourth-order valence-electron chi connectivity index (χ4n) is 0.562. The summed E-state index contributed by atoms with van der Waals surface area (Å²) in [5.74, 6) is -1.35. The van der Waals surface area contributed by atoms with Gasteiger partial charge < -0.3 is 4.74 Å². The molecular formula is C8H12O3. The summed E-state index contributed by atoms with van der Waals surface area (Å²) in [6.07, 6.45) is 3.13. The third-order valence-corrected chi connectivity index (χ3v) is 1.04. The van der Waals surface area contributed by atoms with Crippen LogP contribution in [0, 0.1) is 0 Å². The zero-order chi connectivity index (χ0) is 8.85. The van der Waals surface area contributed by atoms with Crippen LogP contribution in [0.2, 0.25) is 0 Å². The van der Waals surface area contributed by atoms with Crippen LogP contribution in [0.4, 0.5) is 0 Å². The Balaban J connectivity index is 3.85. The molecule has 0 saturated heterocycles. The van der Waals surface area contributed by atoms with E-state index < -0.39 is 11.8 Å². The molecule has 3 heteroatoms. The van der Waals surface area contributed by atoms with Gasteiger partial charge in [-0.1, -0.05) is 6.08 Å². The minimum absolute atomic E-state index is 0.323. The van der Waals surface area contributed by atoms with Crippen LogP contribution in [-0.4, -0.2) is 17.9 Å². The number of esters is 1. The molecule has 0 heterocycles. The van der Waals surface area contributed by atoms with Gasteiger partial charge >= 0.3 is 5.97 Å². The van der Waals surface area contributed by atoms with Crippen molar-refractivity contribution >= 4 is 11.8 Å². The number of Topliss-reactive ketones (excluding diaryl/α,β-unsaturated/α-hetero) is 1. The maximum absolute atomic E-state index is 10.6. The van der Waals surface area contributed by atoms with Gasteiger partial charge in [0, 0.05) is 6.92 Å². The number of ketones is 1. The minimum Gasteiger partial charge on any atom is -0.453 e. The lowest BCUT2D eigenvalue weighted by molar-refractivity contribution is -0.154. The van der Waals surface area contributed by atoms with E-state index in [1.807, 2.05) is 6.92 Å². The van der Waals surface area contributed by atoms with Crippen molar-refractivity contribution in [1.29, 1.82) is 0 Å². The number of allylic oxidation sites excluding steroid dienone is 1. The standard InChI is InChI=1S/C8H12O3/c1-4-5-6(2)11-8(10)7(3)9/h4-6H,1-3H3. The van der Waals surface area contributed by atoms with Gasteiger partial charge in [0.15, 0.2) is 0 Å². The lowest BCUT2D eigenvalue weighted by Crippen LogP contribution is -2.18. The fraction of sp³-hybridized carbons (Fsp3) is 0.500. The Labute approximate surface area is 66.0 Å². The third-order valence-electron chi connectivity index (χ3n) is 1.04. The molecule has 0 aromatic rings. The Kier molecular flexibility index (Phi) is 4.18. The molecule has 0 bridgehead atoms. The Hall–Kier alpha value is -1.12. The molecule has 62 valence electrons. The van der Waals surface area contributed by atoms with Crippen LogP contribution >= 0.6 is 0 Å². The van der Waals surface area contributed by atoms with Gasteiger partial charge in [0.2, 0.25) is 5.78 Å². The highest BCUT2D eigenvalue weighted by Gasteiger charge is 2.10. The minimum atomic E-state index is -0.782. The van der Waals surface area contributed by atoms with E-state index in [0.29, 0.717) is 0 Å². The van der Waals surface area contributed by atoms with Crippen molar-refractivity contribution in [3.8, 4) is 0 Å². The Morgan fingerprint density at radius 2 is 2.00 bits per heavy atom. The molecule has 0 spiro atoms. The first-order valence-corrected chi connectivity index (χ1v) is 3.42. The molecule has 0 aromatic carbocycles. The summed E-state index contributed by atoms with van der Waals surface area (Å²) >= 11 is 0. The van der Waals surface area contributed by atoms with Crippen LogP contribution in [0.1, 0.15) is 20.8 Å². The molecular weight excluding hydrogens is 144 g/mol. The van der Waals surface area contributed by atoms with Crippen molar-refractivity contribution in [3.05, 3.63) is 12.2 Å². The molecule has 0 amide bonds. The number of ether oxygens (including phenoxy) is 1. The van der Waals surface area contributed by atoms with Gasteiger partial charge in [-0.15, -0.1) is 0 Å². The second-order valence-corrected chi connectivity index (χ2v) is 2.19. The average molecular weight is 156 g/mol. The Morgan fingerprint density at radius 3 is 2.36 bits per heavy atom. The molecule has 0 aliphatic heterocycles. The SMILES string of the molecule is CC=CC(C)OC(=O)C(C)=O. The maximum Gasteiger partial charge on any atom is 0.374 e. The summed E-state index contributed by atoms with van der Waals surface area (Å²) < 4.78 is 4.68.